The van der Waals surface area contributed by atoms with Gasteiger partial charge >= 0.3 is 18.9 Å². The summed E-state index contributed by atoms with van der Waals surface area (Å²) in [6.07, 6.45) is 1.43. The van der Waals surface area contributed by atoms with Gasteiger partial charge in [0.15, 0.2) is 0 Å². The Hall–Kier alpha value is 0.457. The van der Waals surface area contributed by atoms with E-state index in [-0.39, 0.29) is 18.9 Å². The summed E-state index contributed by atoms with van der Waals surface area (Å²) in [6, 6.07) is 0. The molecule has 0 aliphatic rings. The van der Waals surface area contributed by atoms with E-state index in [0.717, 1.165) is 0 Å². The van der Waals surface area contributed by atoms with Gasteiger partial charge in [-0.2, -0.15) is 0 Å². The van der Waals surface area contributed by atoms with Crippen LogP contribution < -0.4 is 18.9 Å². The van der Waals surface area contributed by atoms with Crippen molar-refractivity contribution < 1.29 is 35.7 Å². The van der Waals surface area contributed by atoms with E-state index in [1.54, 1.807) is 0 Å². The van der Waals surface area contributed by atoms with Crippen LogP contribution in [0.3, 0.4) is 0 Å². The van der Waals surface area contributed by atoms with Gasteiger partial charge in [-0.25, -0.2) is 16.8 Å². The Labute approximate surface area is 72.5 Å². The minimum atomic E-state index is -3.74. The zero-order valence-corrected chi connectivity index (χ0v) is 7.53. The van der Waals surface area contributed by atoms with E-state index in [1.165, 1.54) is 0 Å². The molecule has 0 aliphatic carbocycles. The average molecular weight is 179 g/mol. The minimum absolute atomic E-state index is 0. The Bertz CT molecular complexity index is 246. The van der Waals surface area contributed by atoms with E-state index >= 15 is 0 Å². The van der Waals surface area contributed by atoms with E-state index in [4.69, 9.17) is 0 Å². The van der Waals surface area contributed by atoms with Crippen LogP contribution in [0.4, 0.5) is 0 Å². The summed E-state index contributed by atoms with van der Waals surface area (Å²) >= 11 is 0. The molecule has 5 nitrogen and oxygen atoms in total. The zero-order chi connectivity index (χ0) is 7.71. The summed E-state index contributed by atoms with van der Waals surface area (Å²) in [4.78, 5) is 0. The van der Waals surface area contributed by atoms with Crippen LogP contribution in [0.15, 0.2) is 0 Å². The third-order valence-corrected chi connectivity index (χ3v) is 2.44. The molecular weight excluding hydrogens is 173 g/mol. The maximum atomic E-state index is 10.1. The molecule has 0 saturated heterocycles. The molecule has 8 heteroatoms. The second kappa shape index (κ2) is 3.74. The van der Waals surface area contributed by atoms with Crippen molar-refractivity contribution >= 4 is 20.0 Å². The van der Waals surface area contributed by atoms with E-state index in [1.807, 2.05) is 0 Å². The summed E-state index contributed by atoms with van der Waals surface area (Å²) in [6.45, 7) is 0. The van der Waals surface area contributed by atoms with Crippen molar-refractivity contribution in [2.24, 2.45) is 0 Å². The van der Waals surface area contributed by atoms with E-state index < -0.39 is 20.0 Å². The largest absolute Gasteiger partial charge is 1.00 e. The molecule has 0 aromatic rings. The smallest absolute Gasteiger partial charge is 0.437 e. The summed E-state index contributed by atoms with van der Waals surface area (Å²) in [7, 11) is -7.49. The molecular formula is C2H6LiNO4S2. The predicted octanol–water partition coefficient (Wildman–Crippen LogP) is -3.72. The first-order valence-corrected chi connectivity index (χ1v) is 5.54. The van der Waals surface area contributed by atoms with Crippen LogP contribution >= 0.6 is 0 Å². The van der Waals surface area contributed by atoms with E-state index in [9.17, 15) is 16.8 Å². The fraction of sp³-hybridized carbons (Fsp3) is 1.00. The SMILES string of the molecule is CS(=O)(=O)[N-]S(C)(=O)=O.[Li+]. The van der Waals surface area contributed by atoms with Crippen LogP contribution in [0.25, 0.3) is 4.13 Å². The van der Waals surface area contributed by atoms with Crippen molar-refractivity contribution in [1.82, 2.24) is 0 Å². The van der Waals surface area contributed by atoms with Gasteiger partial charge in [-0.3, -0.25) is 0 Å². The summed E-state index contributed by atoms with van der Waals surface area (Å²) in [5.74, 6) is 0. The Morgan fingerprint density at radius 1 is 0.900 bits per heavy atom. The second-order valence-corrected chi connectivity index (χ2v) is 5.07. The van der Waals surface area contributed by atoms with Crippen molar-refractivity contribution in [3.8, 4) is 0 Å². The Morgan fingerprint density at radius 2 is 1.10 bits per heavy atom. The number of hydrogen-bond acceptors (Lipinski definition) is 4. The molecule has 0 N–H and O–H groups in total. The molecule has 0 aromatic carbocycles. The Morgan fingerprint density at radius 3 is 1.10 bits per heavy atom. The van der Waals surface area contributed by atoms with Gasteiger partial charge in [0, 0.05) is 12.5 Å². The summed E-state index contributed by atoms with van der Waals surface area (Å²) in [5.41, 5.74) is 0. The zero-order valence-electron chi connectivity index (χ0n) is 5.90. The molecule has 0 aliphatic heterocycles. The molecule has 56 valence electrons. The molecule has 0 spiro atoms. The standard InChI is InChI=1S/C2H6NO4S2.Li/c1-8(4,5)3-9(2,6)7;/h1-2H3;/q-1;+1. The molecule has 0 rings (SSSR count). The number of rotatable bonds is 2. The monoisotopic (exact) mass is 179 g/mol. The molecule has 0 unspecified atom stereocenters. The van der Waals surface area contributed by atoms with Crippen LogP contribution in [0.5, 0.6) is 0 Å². The second-order valence-electron chi connectivity index (χ2n) is 1.54. The molecule has 0 heterocycles. The fourth-order valence-corrected chi connectivity index (χ4v) is 2.21. The van der Waals surface area contributed by atoms with Gasteiger partial charge in [-0.1, -0.05) is 0 Å². The molecule has 0 bridgehead atoms. The van der Waals surface area contributed by atoms with Crippen molar-refractivity contribution in [3.63, 3.8) is 0 Å². The Kier molecular flexibility index (Phi) is 4.88. The number of sulfonamides is 2. The van der Waals surface area contributed by atoms with Crippen molar-refractivity contribution in [1.29, 1.82) is 0 Å². The first kappa shape index (κ1) is 13.1. The predicted molar refractivity (Wildman–Crippen MR) is 33.0 cm³/mol. The Balaban J connectivity index is 0. The topological polar surface area (TPSA) is 82.4 Å². The molecule has 10 heavy (non-hydrogen) atoms. The van der Waals surface area contributed by atoms with Crippen molar-refractivity contribution in [2.75, 3.05) is 12.5 Å². The van der Waals surface area contributed by atoms with Gasteiger partial charge in [0.1, 0.15) is 0 Å². The van der Waals surface area contributed by atoms with Gasteiger partial charge in [0.25, 0.3) is 0 Å². The van der Waals surface area contributed by atoms with Gasteiger partial charge in [0.2, 0.25) is 0 Å². The van der Waals surface area contributed by atoms with Gasteiger partial charge in [0.05, 0.1) is 20.0 Å². The molecule has 0 fully saturated rings. The molecule has 0 saturated carbocycles. The molecule has 0 aromatic heterocycles. The first-order valence-electron chi connectivity index (χ1n) is 1.85. The van der Waals surface area contributed by atoms with Crippen LogP contribution in [-0.2, 0) is 20.0 Å². The molecule has 0 radical (unpaired) electrons. The van der Waals surface area contributed by atoms with Gasteiger partial charge in [-0.15, -0.1) is 0 Å². The van der Waals surface area contributed by atoms with E-state index in [0.29, 0.717) is 12.5 Å². The number of nitrogens with zero attached hydrogens (tertiary/aromatic N) is 1. The third-order valence-electron chi connectivity index (χ3n) is 0.271. The van der Waals surface area contributed by atoms with Crippen molar-refractivity contribution in [3.05, 3.63) is 4.13 Å². The molecule has 0 atom stereocenters. The normalized spacial score (nSPS) is 12.2. The van der Waals surface area contributed by atoms with Crippen molar-refractivity contribution in [2.45, 2.75) is 0 Å². The fourth-order valence-electron chi connectivity index (χ4n) is 0.246. The van der Waals surface area contributed by atoms with Crippen LogP contribution in [0.2, 0.25) is 0 Å². The summed E-state index contributed by atoms with van der Waals surface area (Å²) in [5, 5.41) is 0. The van der Waals surface area contributed by atoms with Crippen LogP contribution in [0, 0.1) is 0 Å². The van der Waals surface area contributed by atoms with Crippen LogP contribution in [-0.4, -0.2) is 29.3 Å². The quantitative estimate of drug-likeness (QED) is 0.408. The van der Waals surface area contributed by atoms with E-state index in [2.05, 4.69) is 4.13 Å². The first-order chi connectivity index (χ1) is 3.71. The summed E-state index contributed by atoms with van der Waals surface area (Å²) < 4.78 is 42.9. The maximum Gasteiger partial charge on any atom is 1.00 e. The van der Waals surface area contributed by atoms with Crippen LogP contribution in [0.1, 0.15) is 0 Å². The number of hydrogen-bond donors (Lipinski definition) is 0. The maximum absolute atomic E-state index is 10.1. The third kappa shape index (κ3) is 11.3. The average Bonchev–Trinajstić information content (AvgIpc) is 1.14. The van der Waals surface area contributed by atoms with Gasteiger partial charge < -0.3 is 4.13 Å². The minimum Gasteiger partial charge on any atom is -0.437 e. The van der Waals surface area contributed by atoms with Gasteiger partial charge in [-0.05, 0) is 0 Å². The molecule has 0 amide bonds.